The Balaban J connectivity index is 1.54. The third-order valence-corrected chi connectivity index (χ3v) is 5.29. The molecule has 2 heterocycles. The molecule has 0 fully saturated rings. The number of aromatic nitrogens is 2. The largest absolute Gasteiger partial charge is 0.494 e. The van der Waals surface area contributed by atoms with E-state index in [2.05, 4.69) is 22.1 Å². The Morgan fingerprint density at radius 3 is 2.76 bits per heavy atom. The third kappa shape index (κ3) is 3.31. The van der Waals surface area contributed by atoms with Crippen LogP contribution in [0.4, 0.5) is 0 Å². The molecular weight excluding hydrogens is 314 g/mol. The standard InChI is InChI=1S/C20H27N3O2/c1-3-25-20-10-16-6-4-5-15(16)9-17(20)12-22-7-8-23-18(13-22)11-19(21-23)14(2)24/h9-11,14,24H,3-8,12-13H2,1-2H3. The van der Waals surface area contributed by atoms with Crippen molar-refractivity contribution in [2.75, 3.05) is 13.2 Å². The summed E-state index contributed by atoms with van der Waals surface area (Å²) in [6.45, 7) is 8.13. The van der Waals surface area contributed by atoms with Gasteiger partial charge in [-0.15, -0.1) is 0 Å². The number of hydrogen-bond donors (Lipinski definition) is 1. The topological polar surface area (TPSA) is 50.5 Å². The van der Waals surface area contributed by atoms with E-state index < -0.39 is 6.10 Å². The van der Waals surface area contributed by atoms with Crippen LogP contribution in [0.25, 0.3) is 0 Å². The summed E-state index contributed by atoms with van der Waals surface area (Å²) in [6.07, 6.45) is 3.13. The lowest BCUT2D eigenvalue weighted by molar-refractivity contribution is 0.188. The SMILES string of the molecule is CCOc1cc2c(cc1CN1CCn3nc(C(C)O)cc3C1)CCC2. The predicted molar refractivity (Wildman–Crippen MR) is 96.6 cm³/mol. The van der Waals surface area contributed by atoms with Crippen LogP contribution in [0.5, 0.6) is 5.75 Å². The fourth-order valence-corrected chi connectivity index (χ4v) is 3.99. The highest BCUT2D eigenvalue weighted by molar-refractivity contribution is 5.45. The molecule has 0 spiro atoms. The Bertz CT molecular complexity index is 767. The lowest BCUT2D eigenvalue weighted by Gasteiger charge is -2.28. The summed E-state index contributed by atoms with van der Waals surface area (Å²) in [4.78, 5) is 2.45. The summed E-state index contributed by atoms with van der Waals surface area (Å²) in [5.41, 5.74) is 6.21. The molecule has 1 aliphatic carbocycles. The van der Waals surface area contributed by atoms with Crippen LogP contribution < -0.4 is 4.74 Å². The summed E-state index contributed by atoms with van der Waals surface area (Å²) in [5.74, 6) is 1.05. The Morgan fingerprint density at radius 2 is 2.00 bits per heavy atom. The van der Waals surface area contributed by atoms with E-state index in [-0.39, 0.29) is 0 Å². The van der Waals surface area contributed by atoms with Crippen molar-refractivity contribution >= 4 is 0 Å². The second-order valence-corrected chi connectivity index (χ2v) is 7.19. The molecule has 5 nitrogen and oxygen atoms in total. The fourth-order valence-electron chi connectivity index (χ4n) is 3.99. The van der Waals surface area contributed by atoms with Gasteiger partial charge in [0, 0.05) is 25.2 Å². The van der Waals surface area contributed by atoms with Gasteiger partial charge in [0.1, 0.15) is 5.75 Å². The van der Waals surface area contributed by atoms with Crippen LogP contribution in [0.15, 0.2) is 18.2 Å². The Hall–Kier alpha value is -1.85. The molecule has 1 aliphatic heterocycles. The predicted octanol–water partition coefficient (Wildman–Crippen LogP) is 2.84. The van der Waals surface area contributed by atoms with Gasteiger partial charge in [-0.1, -0.05) is 6.07 Å². The highest BCUT2D eigenvalue weighted by atomic mass is 16.5. The van der Waals surface area contributed by atoms with Gasteiger partial charge in [0.05, 0.1) is 30.6 Å². The van der Waals surface area contributed by atoms with Crippen molar-refractivity contribution in [2.24, 2.45) is 0 Å². The smallest absolute Gasteiger partial charge is 0.124 e. The highest BCUT2D eigenvalue weighted by Gasteiger charge is 2.22. The lowest BCUT2D eigenvalue weighted by atomic mass is 10.0. The number of ether oxygens (including phenoxy) is 1. The molecule has 0 radical (unpaired) electrons. The molecule has 5 heteroatoms. The molecule has 2 aromatic rings. The Kier molecular flexibility index (Phi) is 4.52. The molecule has 134 valence electrons. The normalized spacial score (nSPS) is 18.0. The number of nitrogens with zero attached hydrogens (tertiary/aromatic N) is 3. The molecule has 1 aromatic carbocycles. The zero-order valence-corrected chi connectivity index (χ0v) is 15.2. The average molecular weight is 341 g/mol. The number of aliphatic hydroxyl groups excluding tert-OH is 1. The van der Waals surface area contributed by atoms with Gasteiger partial charge >= 0.3 is 0 Å². The van der Waals surface area contributed by atoms with E-state index in [1.165, 1.54) is 41.6 Å². The van der Waals surface area contributed by atoms with Gasteiger partial charge in [-0.05, 0) is 56.4 Å². The molecule has 4 rings (SSSR count). The van der Waals surface area contributed by atoms with Crippen LogP contribution in [-0.2, 0) is 32.5 Å². The van der Waals surface area contributed by atoms with Crippen LogP contribution in [0, 0.1) is 0 Å². The van der Waals surface area contributed by atoms with Crippen LogP contribution in [0.1, 0.15) is 54.5 Å². The van der Waals surface area contributed by atoms with E-state index in [0.29, 0.717) is 6.61 Å². The fraction of sp³-hybridized carbons (Fsp3) is 0.550. The minimum absolute atomic E-state index is 0.507. The molecule has 0 saturated heterocycles. The van der Waals surface area contributed by atoms with Crippen molar-refractivity contribution in [3.8, 4) is 5.75 Å². The van der Waals surface area contributed by atoms with E-state index in [1.807, 2.05) is 17.7 Å². The van der Waals surface area contributed by atoms with Crippen LogP contribution in [-0.4, -0.2) is 32.9 Å². The summed E-state index contributed by atoms with van der Waals surface area (Å²) < 4.78 is 7.96. The van der Waals surface area contributed by atoms with Gasteiger partial charge in [0.15, 0.2) is 0 Å². The monoisotopic (exact) mass is 341 g/mol. The van der Waals surface area contributed by atoms with E-state index in [4.69, 9.17) is 4.74 Å². The minimum Gasteiger partial charge on any atom is -0.494 e. The molecule has 1 unspecified atom stereocenters. The maximum absolute atomic E-state index is 9.75. The first-order valence-corrected chi connectivity index (χ1v) is 9.38. The average Bonchev–Trinajstić information content (AvgIpc) is 3.21. The van der Waals surface area contributed by atoms with Crippen molar-refractivity contribution in [2.45, 2.75) is 58.8 Å². The Labute approximate surface area is 149 Å². The highest BCUT2D eigenvalue weighted by Crippen LogP contribution is 2.31. The van der Waals surface area contributed by atoms with Crippen molar-refractivity contribution in [1.29, 1.82) is 0 Å². The third-order valence-electron chi connectivity index (χ3n) is 5.29. The second kappa shape index (κ2) is 6.81. The quantitative estimate of drug-likeness (QED) is 0.909. The van der Waals surface area contributed by atoms with Crippen molar-refractivity contribution in [3.05, 3.63) is 46.3 Å². The van der Waals surface area contributed by atoms with E-state index in [0.717, 1.165) is 37.6 Å². The lowest BCUT2D eigenvalue weighted by Crippen LogP contribution is -2.33. The summed E-state index contributed by atoms with van der Waals surface area (Å²) in [6, 6.07) is 6.66. The summed E-state index contributed by atoms with van der Waals surface area (Å²) in [5, 5.41) is 14.3. The van der Waals surface area contributed by atoms with Crippen molar-refractivity contribution in [1.82, 2.24) is 14.7 Å². The number of fused-ring (bicyclic) bond motifs is 2. The Morgan fingerprint density at radius 1 is 1.20 bits per heavy atom. The molecule has 1 N–H and O–H groups in total. The molecule has 0 bridgehead atoms. The number of hydrogen-bond acceptors (Lipinski definition) is 4. The first kappa shape index (κ1) is 16.6. The van der Waals surface area contributed by atoms with Gasteiger partial charge in [-0.3, -0.25) is 9.58 Å². The molecular formula is C20H27N3O2. The summed E-state index contributed by atoms with van der Waals surface area (Å²) >= 11 is 0. The first-order valence-electron chi connectivity index (χ1n) is 9.38. The maximum atomic E-state index is 9.75. The van der Waals surface area contributed by atoms with E-state index in [1.54, 1.807) is 6.92 Å². The van der Waals surface area contributed by atoms with Gasteiger partial charge in [-0.25, -0.2) is 0 Å². The van der Waals surface area contributed by atoms with Crippen LogP contribution >= 0.6 is 0 Å². The number of aryl methyl sites for hydroxylation is 2. The molecule has 2 aliphatic rings. The zero-order valence-electron chi connectivity index (χ0n) is 15.2. The van der Waals surface area contributed by atoms with Gasteiger partial charge in [-0.2, -0.15) is 5.10 Å². The van der Waals surface area contributed by atoms with Gasteiger partial charge in [0.2, 0.25) is 0 Å². The van der Waals surface area contributed by atoms with Gasteiger partial charge in [0.25, 0.3) is 0 Å². The van der Waals surface area contributed by atoms with Crippen molar-refractivity contribution < 1.29 is 9.84 Å². The number of aliphatic hydroxyl groups is 1. The molecule has 1 aromatic heterocycles. The van der Waals surface area contributed by atoms with Crippen molar-refractivity contribution in [3.63, 3.8) is 0 Å². The number of benzene rings is 1. The van der Waals surface area contributed by atoms with Gasteiger partial charge < -0.3 is 9.84 Å². The van der Waals surface area contributed by atoms with E-state index in [9.17, 15) is 5.11 Å². The number of rotatable bonds is 5. The summed E-state index contributed by atoms with van der Waals surface area (Å²) in [7, 11) is 0. The zero-order chi connectivity index (χ0) is 17.4. The molecule has 0 amide bonds. The molecule has 25 heavy (non-hydrogen) atoms. The first-order chi connectivity index (χ1) is 12.1. The maximum Gasteiger partial charge on any atom is 0.124 e. The molecule has 0 saturated carbocycles. The molecule has 1 atom stereocenters. The van der Waals surface area contributed by atoms with Crippen LogP contribution in [0.3, 0.4) is 0 Å². The minimum atomic E-state index is -0.507. The van der Waals surface area contributed by atoms with Crippen LogP contribution in [0.2, 0.25) is 0 Å². The van der Waals surface area contributed by atoms with E-state index >= 15 is 0 Å². The second-order valence-electron chi connectivity index (χ2n) is 7.19.